The van der Waals surface area contributed by atoms with Crippen LogP contribution in [0.25, 0.3) is 0 Å². The van der Waals surface area contributed by atoms with Crippen LogP contribution in [0.2, 0.25) is 0 Å². The third kappa shape index (κ3) is 5.13. The molecule has 6 nitrogen and oxygen atoms in total. The minimum atomic E-state index is -0.106. The van der Waals surface area contributed by atoms with Crippen LogP contribution in [0, 0.1) is 5.41 Å². The zero-order valence-corrected chi connectivity index (χ0v) is 13.6. The van der Waals surface area contributed by atoms with E-state index < -0.39 is 0 Å². The fourth-order valence-corrected chi connectivity index (χ4v) is 2.11. The van der Waals surface area contributed by atoms with Gasteiger partial charge < -0.3 is 20.5 Å². The van der Waals surface area contributed by atoms with Crippen LogP contribution < -0.4 is 10.6 Å². The number of methoxy groups -OCH3 is 1. The lowest BCUT2D eigenvalue weighted by molar-refractivity contribution is 0.127. The van der Waals surface area contributed by atoms with Crippen LogP contribution in [0.5, 0.6) is 0 Å². The Kier molecular flexibility index (Phi) is 7.39. The summed E-state index contributed by atoms with van der Waals surface area (Å²) in [6.07, 6.45) is 1.84. The van der Waals surface area contributed by atoms with E-state index in [4.69, 9.17) is 4.74 Å². The van der Waals surface area contributed by atoms with E-state index in [1.165, 1.54) is 0 Å². The number of nitrogens with zero attached hydrogens (tertiary/aromatic N) is 2. The van der Waals surface area contributed by atoms with Gasteiger partial charge in [-0.15, -0.1) is 0 Å². The molecule has 0 aliphatic carbocycles. The van der Waals surface area contributed by atoms with Crippen molar-refractivity contribution < 1.29 is 9.84 Å². The Balaban J connectivity index is 2.85. The topological polar surface area (TPSA) is 79.3 Å². The molecule has 0 aliphatic rings. The normalized spacial score (nSPS) is 11.5. The van der Waals surface area contributed by atoms with Gasteiger partial charge in [-0.3, -0.25) is 0 Å². The zero-order chi connectivity index (χ0) is 15.7. The third-order valence-corrected chi connectivity index (χ3v) is 3.88. The first-order valence-corrected chi connectivity index (χ1v) is 7.58. The van der Waals surface area contributed by atoms with Crippen LogP contribution in [0.1, 0.15) is 39.4 Å². The predicted molar refractivity (Wildman–Crippen MR) is 85.5 cm³/mol. The number of ether oxygens (including phenoxy) is 1. The molecule has 0 saturated heterocycles. The van der Waals surface area contributed by atoms with E-state index >= 15 is 0 Å². The standard InChI is InChI=1S/C15H28N4O2/c1-5-15(6-2,11-20)10-17-13-8-12(16-7-3)18-14(19-13)9-21-4/h8,20H,5-7,9-11H2,1-4H3,(H2,16,17,18,19). The average Bonchev–Trinajstić information content (AvgIpc) is 2.50. The van der Waals surface area contributed by atoms with Crippen LogP contribution >= 0.6 is 0 Å². The van der Waals surface area contributed by atoms with Gasteiger partial charge >= 0.3 is 0 Å². The molecule has 1 heterocycles. The minimum absolute atomic E-state index is 0.106. The van der Waals surface area contributed by atoms with E-state index in [-0.39, 0.29) is 12.0 Å². The quantitative estimate of drug-likeness (QED) is 0.614. The Morgan fingerprint density at radius 3 is 2.24 bits per heavy atom. The molecule has 0 unspecified atom stereocenters. The summed E-state index contributed by atoms with van der Waals surface area (Å²) in [5.41, 5.74) is -0.106. The molecule has 1 aromatic rings. The molecule has 1 aromatic heterocycles. The summed E-state index contributed by atoms with van der Waals surface area (Å²) in [7, 11) is 1.63. The van der Waals surface area contributed by atoms with Gasteiger partial charge in [0.2, 0.25) is 0 Å². The van der Waals surface area contributed by atoms with Gasteiger partial charge in [0.05, 0.1) is 6.61 Å². The molecule has 0 saturated carbocycles. The minimum Gasteiger partial charge on any atom is -0.396 e. The molecule has 21 heavy (non-hydrogen) atoms. The summed E-state index contributed by atoms with van der Waals surface area (Å²) in [5.74, 6) is 2.18. The van der Waals surface area contributed by atoms with Crippen molar-refractivity contribution in [1.82, 2.24) is 9.97 Å². The van der Waals surface area contributed by atoms with E-state index in [0.29, 0.717) is 19.0 Å². The fraction of sp³-hybridized carbons (Fsp3) is 0.733. The number of aliphatic hydroxyl groups is 1. The van der Waals surface area contributed by atoms with Gasteiger partial charge in [0.15, 0.2) is 5.82 Å². The van der Waals surface area contributed by atoms with Gasteiger partial charge in [0.1, 0.15) is 18.2 Å². The molecule has 3 N–H and O–H groups in total. The maximum Gasteiger partial charge on any atom is 0.158 e. The van der Waals surface area contributed by atoms with E-state index in [1.807, 2.05) is 13.0 Å². The SMILES string of the molecule is CCNc1cc(NCC(CC)(CC)CO)nc(COC)n1. The maximum atomic E-state index is 9.63. The maximum absolute atomic E-state index is 9.63. The second-order valence-electron chi connectivity index (χ2n) is 5.24. The molecule has 0 aromatic carbocycles. The molecule has 0 amide bonds. The summed E-state index contributed by atoms with van der Waals surface area (Å²) in [6, 6.07) is 1.89. The van der Waals surface area contributed by atoms with E-state index in [2.05, 4.69) is 34.4 Å². The Morgan fingerprint density at radius 2 is 1.76 bits per heavy atom. The Bertz CT molecular complexity index is 390. The van der Waals surface area contributed by atoms with Crippen molar-refractivity contribution in [2.45, 2.75) is 40.2 Å². The Morgan fingerprint density at radius 1 is 1.14 bits per heavy atom. The summed E-state index contributed by atoms with van der Waals surface area (Å²) in [6.45, 7) is 8.25. The second kappa shape index (κ2) is 8.79. The van der Waals surface area contributed by atoms with Crippen molar-refractivity contribution in [3.63, 3.8) is 0 Å². The predicted octanol–water partition coefficient (Wildman–Crippen LogP) is 2.27. The first-order valence-electron chi connectivity index (χ1n) is 7.58. The average molecular weight is 296 g/mol. The van der Waals surface area contributed by atoms with Crippen molar-refractivity contribution >= 4 is 11.6 Å². The van der Waals surface area contributed by atoms with E-state index in [9.17, 15) is 5.11 Å². The lowest BCUT2D eigenvalue weighted by Gasteiger charge is -2.29. The van der Waals surface area contributed by atoms with Gasteiger partial charge in [-0.2, -0.15) is 0 Å². The number of anilines is 2. The Labute approximate surface area is 127 Å². The van der Waals surface area contributed by atoms with Crippen LogP contribution in [0.15, 0.2) is 6.07 Å². The molecule has 0 aliphatic heterocycles. The van der Waals surface area contributed by atoms with Gasteiger partial charge in [-0.25, -0.2) is 9.97 Å². The number of aliphatic hydroxyl groups excluding tert-OH is 1. The number of rotatable bonds is 10. The van der Waals surface area contributed by atoms with Crippen molar-refractivity contribution in [3.05, 3.63) is 11.9 Å². The highest BCUT2D eigenvalue weighted by Gasteiger charge is 2.25. The van der Waals surface area contributed by atoms with E-state index in [0.717, 1.165) is 31.0 Å². The molecule has 0 atom stereocenters. The first kappa shape index (κ1) is 17.7. The molecule has 0 spiro atoms. The number of hydrogen-bond acceptors (Lipinski definition) is 6. The van der Waals surface area contributed by atoms with E-state index in [1.54, 1.807) is 7.11 Å². The van der Waals surface area contributed by atoms with Crippen LogP contribution in [0.4, 0.5) is 11.6 Å². The van der Waals surface area contributed by atoms with Crippen LogP contribution in [-0.2, 0) is 11.3 Å². The largest absolute Gasteiger partial charge is 0.396 e. The lowest BCUT2D eigenvalue weighted by Crippen LogP contribution is -2.32. The first-order chi connectivity index (χ1) is 10.1. The summed E-state index contributed by atoms with van der Waals surface area (Å²) in [5, 5.41) is 16.1. The van der Waals surface area contributed by atoms with Crippen molar-refractivity contribution in [3.8, 4) is 0 Å². The molecule has 0 radical (unpaired) electrons. The van der Waals surface area contributed by atoms with Gasteiger partial charge in [0, 0.05) is 31.7 Å². The van der Waals surface area contributed by atoms with Gasteiger partial charge in [-0.05, 0) is 19.8 Å². The molecule has 1 rings (SSSR count). The molecule has 0 fully saturated rings. The highest BCUT2D eigenvalue weighted by molar-refractivity contribution is 5.47. The Hall–Kier alpha value is -1.40. The molecular formula is C15H28N4O2. The molecular weight excluding hydrogens is 268 g/mol. The lowest BCUT2D eigenvalue weighted by atomic mass is 9.83. The number of hydrogen-bond donors (Lipinski definition) is 3. The van der Waals surface area contributed by atoms with Crippen molar-refractivity contribution in [2.75, 3.05) is 37.4 Å². The third-order valence-electron chi connectivity index (χ3n) is 3.88. The monoisotopic (exact) mass is 296 g/mol. The summed E-state index contributed by atoms with van der Waals surface area (Å²) < 4.78 is 5.10. The zero-order valence-electron chi connectivity index (χ0n) is 13.6. The molecule has 0 bridgehead atoms. The highest BCUT2D eigenvalue weighted by Crippen LogP contribution is 2.26. The van der Waals surface area contributed by atoms with Crippen molar-refractivity contribution in [2.24, 2.45) is 5.41 Å². The number of nitrogens with one attached hydrogen (secondary N) is 2. The summed E-state index contributed by atoms with van der Waals surface area (Å²) in [4.78, 5) is 8.82. The van der Waals surface area contributed by atoms with Crippen LogP contribution in [0.3, 0.4) is 0 Å². The fourth-order valence-electron chi connectivity index (χ4n) is 2.11. The second-order valence-corrected chi connectivity index (χ2v) is 5.24. The number of aromatic nitrogens is 2. The molecule has 120 valence electrons. The van der Waals surface area contributed by atoms with Gasteiger partial charge in [0.25, 0.3) is 0 Å². The van der Waals surface area contributed by atoms with Crippen LogP contribution in [-0.4, -0.2) is 41.9 Å². The van der Waals surface area contributed by atoms with Crippen molar-refractivity contribution in [1.29, 1.82) is 0 Å². The molecule has 6 heteroatoms. The highest BCUT2D eigenvalue weighted by atomic mass is 16.5. The van der Waals surface area contributed by atoms with Gasteiger partial charge in [-0.1, -0.05) is 13.8 Å². The summed E-state index contributed by atoms with van der Waals surface area (Å²) >= 11 is 0. The smallest absolute Gasteiger partial charge is 0.158 e.